The maximum Gasteiger partial charge on any atom is 0.166 e. The van der Waals surface area contributed by atoms with E-state index in [2.05, 4.69) is 9.97 Å². The Morgan fingerprint density at radius 2 is 1.89 bits per heavy atom. The zero-order chi connectivity index (χ0) is 14.0. The van der Waals surface area contributed by atoms with Crippen LogP contribution in [-0.4, -0.2) is 17.1 Å². The third-order valence-corrected chi connectivity index (χ3v) is 3.23. The van der Waals surface area contributed by atoms with Crippen molar-refractivity contribution in [3.05, 3.63) is 40.1 Å². The van der Waals surface area contributed by atoms with Gasteiger partial charge < -0.3 is 4.74 Å². The summed E-state index contributed by atoms with van der Waals surface area (Å²) in [5, 5.41) is 0.937. The molecule has 0 N–H and O–H groups in total. The lowest BCUT2D eigenvalue weighted by molar-refractivity contribution is 0.416. The van der Waals surface area contributed by atoms with Crippen molar-refractivity contribution in [2.45, 2.75) is 19.8 Å². The van der Waals surface area contributed by atoms with Gasteiger partial charge >= 0.3 is 0 Å². The fourth-order valence-electron chi connectivity index (χ4n) is 1.73. The predicted octanol–water partition coefficient (Wildman–Crippen LogP) is 4.58. The van der Waals surface area contributed by atoms with E-state index in [1.165, 1.54) is 0 Å². The van der Waals surface area contributed by atoms with Crippen molar-refractivity contribution in [3.63, 3.8) is 0 Å². The number of aromatic nitrogens is 2. The smallest absolute Gasteiger partial charge is 0.166 e. The van der Waals surface area contributed by atoms with E-state index in [-0.39, 0.29) is 5.92 Å². The van der Waals surface area contributed by atoms with E-state index in [0.717, 1.165) is 5.69 Å². The average molecular weight is 297 g/mol. The van der Waals surface area contributed by atoms with E-state index >= 15 is 0 Å². The van der Waals surface area contributed by atoms with Crippen LogP contribution in [0.4, 0.5) is 0 Å². The molecule has 19 heavy (non-hydrogen) atoms. The number of rotatable bonds is 3. The molecule has 0 bridgehead atoms. The molecule has 0 aliphatic rings. The molecule has 0 aliphatic heterocycles. The minimum atomic E-state index is 0.257. The van der Waals surface area contributed by atoms with Crippen molar-refractivity contribution in [2.75, 3.05) is 7.11 Å². The summed E-state index contributed by atoms with van der Waals surface area (Å²) in [6.07, 6.45) is 0. The first-order valence-corrected chi connectivity index (χ1v) is 6.66. The second kappa shape index (κ2) is 5.76. The maximum absolute atomic E-state index is 6.22. The standard InChI is InChI=1S/C14H14Cl2N2O/c1-8(2)10-7-12(16)18-14(17-10)13-9(15)5-4-6-11(13)19-3/h4-8H,1-3H3. The fourth-order valence-corrected chi connectivity index (χ4v) is 2.18. The number of benzene rings is 1. The zero-order valence-electron chi connectivity index (χ0n) is 10.9. The van der Waals surface area contributed by atoms with Crippen molar-refractivity contribution in [2.24, 2.45) is 0 Å². The van der Waals surface area contributed by atoms with E-state index in [1.54, 1.807) is 19.2 Å². The number of methoxy groups -OCH3 is 1. The molecule has 0 saturated heterocycles. The molecule has 100 valence electrons. The van der Waals surface area contributed by atoms with E-state index in [4.69, 9.17) is 27.9 Å². The van der Waals surface area contributed by atoms with Gasteiger partial charge in [0.25, 0.3) is 0 Å². The number of halogens is 2. The number of nitrogens with zero attached hydrogens (tertiary/aromatic N) is 2. The van der Waals surface area contributed by atoms with Crippen molar-refractivity contribution < 1.29 is 4.74 Å². The minimum absolute atomic E-state index is 0.257. The quantitative estimate of drug-likeness (QED) is 0.778. The highest BCUT2D eigenvalue weighted by atomic mass is 35.5. The summed E-state index contributed by atoms with van der Waals surface area (Å²) >= 11 is 12.3. The summed E-state index contributed by atoms with van der Waals surface area (Å²) in [5.41, 5.74) is 1.54. The second-order valence-corrected chi connectivity index (χ2v) is 5.21. The van der Waals surface area contributed by atoms with E-state index in [1.807, 2.05) is 26.0 Å². The van der Waals surface area contributed by atoms with Gasteiger partial charge in [0.2, 0.25) is 0 Å². The van der Waals surface area contributed by atoms with Crippen LogP contribution in [0.1, 0.15) is 25.5 Å². The number of ether oxygens (including phenoxy) is 1. The number of hydrogen-bond donors (Lipinski definition) is 0. The summed E-state index contributed by atoms with van der Waals surface area (Å²) in [7, 11) is 1.59. The van der Waals surface area contributed by atoms with Gasteiger partial charge in [-0.1, -0.05) is 43.1 Å². The largest absolute Gasteiger partial charge is 0.496 e. The monoisotopic (exact) mass is 296 g/mol. The first-order chi connectivity index (χ1) is 9.02. The summed E-state index contributed by atoms with van der Waals surface area (Å²) in [6.45, 7) is 4.10. The Kier molecular flexibility index (Phi) is 4.27. The first kappa shape index (κ1) is 14.1. The molecule has 3 nitrogen and oxygen atoms in total. The minimum Gasteiger partial charge on any atom is -0.496 e. The lowest BCUT2D eigenvalue weighted by Gasteiger charge is -2.11. The molecular formula is C14H14Cl2N2O. The topological polar surface area (TPSA) is 35.0 Å². The third-order valence-electron chi connectivity index (χ3n) is 2.73. The normalized spacial score (nSPS) is 10.8. The molecule has 5 heteroatoms. The summed E-state index contributed by atoms with van der Waals surface area (Å²) in [5.74, 6) is 1.37. The van der Waals surface area contributed by atoms with Crippen LogP contribution < -0.4 is 4.74 Å². The third kappa shape index (κ3) is 2.99. The molecule has 2 aromatic rings. The van der Waals surface area contributed by atoms with Gasteiger partial charge in [0.15, 0.2) is 5.82 Å². The van der Waals surface area contributed by atoms with E-state index < -0.39 is 0 Å². The Morgan fingerprint density at radius 1 is 1.16 bits per heavy atom. The van der Waals surface area contributed by atoms with Crippen LogP contribution >= 0.6 is 23.2 Å². The van der Waals surface area contributed by atoms with Crippen molar-refractivity contribution in [1.29, 1.82) is 0 Å². The van der Waals surface area contributed by atoms with Gasteiger partial charge in [0.05, 0.1) is 17.7 Å². The van der Waals surface area contributed by atoms with Gasteiger partial charge in [-0.15, -0.1) is 0 Å². The summed E-state index contributed by atoms with van der Waals surface area (Å²) < 4.78 is 5.31. The highest BCUT2D eigenvalue weighted by molar-refractivity contribution is 6.33. The van der Waals surface area contributed by atoms with Gasteiger partial charge in [-0.2, -0.15) is 0 Å². The Hall–Kier alpha value is -1.32. The van der Waals surface area contributed by atoms with Crippen LogP contribution in [-0.2, 0) is 0 Å². The van der Waals surface area contributed by atoms with Crippen molar-refractivity contribution in [1.82, 2.24) is 9.97 Å². The Balaban J connectivity index is 2.65. The van der Waals surface area contributed by atoms with Crippen molar-refractivity contribution >= 4 is 23.2 Å². The Bertz CT molecular complexity index is 600. The van der Waals surface area contributed by atoms with Crippen LogP contribution in [0.2, 0.25) is 10.2 Å². The van der Waals surface area contributed by atoms with E-state index in [0.29, 0.717) is 27.3 Å². The molecule has 2 rings (SSSR count). The van der Waals surface area contributed by atoms with Crippen LogP contribution in [0.5, 0.6) is 5.75 Å². The maximum atomic E-state index is 6.22. The SMILES string of the molecule is COc1cccc(Cl)c1-c1nc(Cl)cc(C(C)C)n1. The molecule has 0 amide bonds. The highest BCUT2D eigenvalue weighted by Gasteiger charge is 2.15. The Morgan fingerprint density at radius 3 is 2.53 bits per heavy atom. The molecule has 0 spiro atoms. The van der Waals surface area contributed by atoms with Gasteiger partial charge in [-0.25, -0.2) is 9.97 Å². The molecule has 0 unspecified atom stereocenters. The first-order valence-electron chi connectivity index (χ1n) is 5.90. The van der Waals surface area contributed by atoms with Crippen LogP contribution in [0, 0.1) is 0 Å². The molecule has 1 aromatic carbocycles. The van der Waals surface area contributed by atoms with Gasteiger partial charge in [-0.3, -0.25) is 0 Å². The van der Waals surface area contributed by atoms with Crippen LogP contribution in [0.3, 0.4) is 0 Å². The molecule has 0 saturated carbocycles. The lowest BCUT2D eigenvalue weighted by atomic mass is 10.1. The lowest BCUT2D eigenvalue weighted by Crippen LogP contribution is -2.00. The zero-order valence-corrected chi connectivity index (χ0v) is 12.5. The van der Waals surface area contributed by atoms with Crippen molar-refractivity contribution in [3.8, 4) is 17.1 Å². The molecule has 0 atom stereocenters. The highest BCUT2D eigenvalue weighted by Crippen LogP contribution is 2.35. The van der Waals surface area contributed by atoms with Crippen LogP contribution in [0.25, 0.3) is 11.4 Å². The summed E-state index contributed by atoms with van der Waals surface area (Å²) in [4.78, 5) is 8.76. The number of hydrogen-bond acceptors (Lipinski definition) is 3. The Labute approximate surface area is 122 Å². The molecule has 1 aromatic heterocycles. The van der Waals surface area contributed by atoms with Gasteiger partial charge in [0, 0.05) is 5.69 Å². The van der Waals surface area contributed by atoms with Crippen LogP contribution in [0.15, 0.2) is 24.3 Å². The summed E-state index contributed by atoms with van der Waals surface area (Å²) in [6, 6.07) is 7.18. The van der Waals surface area contributed by atoms with Gasteiger partial charge in [-0.05, 0) is 24.1 Å². The average Bonchev–Trinajstić information content (AvgIpc) is 2.37. The van der Waals surface area contributed by atoms with Gasteiger partial charge in [0.1, 0.15) is 10.9 Å². The predicted molar refractivity (Wildman–Crippen MR) is 78.1 cm³/mol. The second-order valence-electron chi connectivity index (χ2n) is 4.41. The van der Waals surface area contributed by atoms with E-state index in [9.17, 15) is 0 Å². The molecular weight excluding hydrogens is 283 g/mol. The fraction of sp³-hybridized carbons (Fsp3) is 0.286. The molecule has 0 aliphatic carbocycles. The molecule has 1 heterocycles. The molecule has 0 radical (unpaired) electrons. The molecule has 0 fully saturated rings.